The molecule has 2 heterocycles. The normalized spacial score (nSPS) is 22.2. The molecule has 6 heteroatoms. The molecule has 26 heavy (non-hydrogen) atoms. The van der Waals surface area contributed by atoms with Gasteiger partial charge in [-0.15, -0.1) is 0 Å². The van der Waals surface area contributed by atoms with Gasteiger partial charge in [-0.1, -0.05) is 12.1 Å². The Morgan fingerprint density at radius 1 is 1.12 bits per heavy atom. The monoisotopic (exact) mass is 364 g/mol. The van der Waals surface area contributed by atoms with Crippen LogP contribution in [-0.2, 0) is 20.8 Å². The summed E-state index contributed by atoms with van der Waals surface area (Å²) in [6, 6.07) is 6.64. The summed E-state index contributed by atoms with van der Waals surface area (Å²) in [6.07, 6.45) is 4.41. The zero-order chi connectivity index (χ0) is 18.2. The lowest BCUT2D eigenvalue weighted by atomic mass is 10.1. The van der Waals surface area contributed by atoms with E-state index >= 15 is 0 Å². The first-order valence-electron chi connectivity index (χ1n) is 9.64. The molecule has 0 spiro atoms. The average molecular weight is 364 g/mol. The summed E-state index contributed by atoms with van der Waals surface area (Å²) in [5, 5.41) is 0. The molecule has 1 aromatic rings. The van der Waals surface area contributed by atoms with Gasteiger partial charge in [0.05, 0.1) is 12.7 Å². The second kappa shape index (κ2) is 10.00. The van der Waals surface area contributed by atoms with E-state index in [1.165, 1.54) is 18.6 Å². The number of halogens is 1. The maximum Gasteiger partial charge on any atom is 0.248 e. The molecule has 2 aliphatic rings. The highest BCUT2D eigenvalue weighted by Crippen LogP contribution is 2.13. The van der Waals surface area contributed by atoms with Crippen LogP contribution in [0.5, 0.6) is 0 Å². The third-order valence-corrected chi connectivity index (χ3v) is 5.06. The lowest BCUT2D eigenvalue weighted by Crippen LogP contribution is -2.38. The fourth-order valence-corrected chi connectivity index (χ4v) is 3.53. The van der Waals surface area contributed by atoms with Crippen LogP contribution >= 0.6 is 0 Å². The van der Waals surface area contributed by atoms with Gasteiger partial charge in [0.2, 0.25) is 5.91 Å². The summed E-state index contributed by atoms with van der Waals surface area (Å²) < 4.78 is 24.2. The molecule has 0 radical (unpaired) electrons. The molecule has 144 valence electrons. The van der Waals surface area contributed by atoms with Crippen LogP contribution < -0.4 is 0 Å². The predicted octanol–water partition coefficient (Wildman–Crippen LogP) is 2.45. The zero-order valence-corrected chi connectivity index (χ0v) is 15.4. The maximum atomic E-state index is 13.0. The molecule has 5 nitrogen and oxygen atoms in total. The second-order valence-corrected chi connectivity index (χ2v) is 7.14. The molecular formula is C20H29FN2O3. The number of rotatable bonds is 6. The number of carbonyl (C=O) groups is 1. The van der Waals surface area contributed by atoms with Gasteiger partial charge in [0.25, 0.3) is 0 Å². The van der Waals surface area contributed by atoms with Crippen LogP contribution in [-0.4, -0.2) is 67.8 Å². The summed E-state index contributed by atoms with van der Waals surface area (Å²) in [4.78, 5) is 16.6. The van der Waals surface area contributed by atoms with E-state index in [1.54, 1.807) is 0 Å². The number of carbonyl (C=O) groups excluding carboxylic acids is 1. The van der Waals surface area contributed by atoms with Gasteiger partial charge < -0.3 is 14.4 Å². The number of benzene rings is 1. The molecule has 0 unspecified atom stereocenters. The van der Waals surface area contributed by atoms with Crippen molar-refractivity contribution in [1.82, 2.24) is 9.80 Å². The summed E-state index contributed by atoms with van der Waals surface area (Å²) in [5.41, 5.74) is 1.10. The molecule has 0 aromatic heterocycles. The van der Waals surface area contributed by atoms with Crippen molar-refractivity contribution < 1.29 is 18.7 Å². The third kappa shape index (κ3) is 6.04. The highest BCUT2D eigenvalue weighted by Gasteiger charge is 2.20. The Kier molecular flexibility index (Phi) is 7.41. The molecular weight excluding hydrogens is 335 g/mol. The smallest absolute Gasteiger partial charge is 0.248 e. The van der Waals surface area contributed by atoms with Crippen LogP contribution in [0, 0.1) is 5.82 Å². The van der Waals surface area contributed by atoms with Gasteiger partial charge in [0.1, 0.15) is 12.4 Å². The Hall–Kier alpha value is -1.50. The standard InChI is InChI=1S/C20H29FN2O3/c21-18-7-5-17(6-8-18)14-22-9-3-10-23(12-11-22)20(24)16-25-15-19-4-1-2-13-26-19/h5-8,19H,1-4,9-16H2/t19-/m1/s1. The summed E-state index contributed by atoms with van der Waals surface area (Å²) in [7, 11) is 0. The molecule has 3 rings (SSSR count). The molecule has 0 aliphatic carbocycles. The minimum absolute atomic E-state index is 0.0597. The quantitative estimate of drug-likeness (QED) is 0.778. The van der Waals surface area contributed by atoms with E-state index in [0.717, 1.165) is 57.6 Å². The Bertz CT molecular complexity index is 561. The largest absolute Gasteiger partial charge is 0.376 e. The van der Waals surface area contributed by atoms with Gasteiger partial charge in [-0.25, -0.2) is 4.39 Å². The van der Waals surface area contributed by atoms with E-state index in [0.29, 0.717) is 13.2 Å². The van der Waals surface area contributed by atoms with E-state index in [1.807, 2.05) is 17.0 Å². The van der Waals surface area contributed by atoms with Gasteiger partial charge in [-0.2, -0.15) is 0 Å². The molecule has 1 aromatic carbocycles. The Labute approximate surface area is 155 Å². The Balaban J connectivity index is 1.38. The SMILES string of the molecule is O=C(COC[C@H]1CCCCO1)N1CCCN(Cc2ccc(F)cc2)CC1. The number of amides is 1. The minimum Gasteiger partial charge on any atom is -0.376 e. The first-order chi connectivity index (χ1) is 12.7. The van der Waals surface area contributed by atoms with Crippen LogP contribution in [0.25, 0.3) is 0 Å². The van der Waals surface area contributed by atoms with E-state index in [9.17, 15) is 9.18 Å². The van der Waals surface area contributed by atoms with Crippen LogP contribution in [0.15, 0.2) is 24.3 Å². The van der Waals surface area contributed by atoms with Crippen molar-refractivity contribution in [3.8, 4) is 0 Å². The number of ether oxygens (including phenoxy) is 2. The van der Waals surface area contributed by atoms with Gasteiger partial charge >= 0.3 is 0 Å². The molecule has 0 saturated carbocycles. The molecule has 2 saturated heterocycles. The van der Waals surface area contributed by atoms with Gasteiger partial charge in [0, 0.05) is 39.3 Å². The Morgan fingerprint density at radius 3 is 2.73 bits per heavy atom. The summed E-state index contributed by atoms with van der Waals surface area (Å²) >= 11 is 0. The van der Waals surface area contributed by atoms with E-state index in [4.69, 9.17) is 9.47 Å². The van der Waals surface area contributed by atoms with Crippen LogP contribution in [0.1, 0.15) is 31.2 Å². The fourth-order valence-electron chi connectivity index (χ4n) is 3.53. The molecule has 2 fully saturated rings. The van der Waals surface area contributed by atoms with Crippen molar-refractivity contribution in [2.75, 3.05) is 46.0 Å². The third-order valence-electron chi connectivity index (χ3n) is 5.06. The lowest BCUT2D eigenvalue weighted by molar-refractivity contribution is -0.138. The van der Waals surface area contributed by atoms with Crippen molar-refractivity contribution in [1.29, 1.82) is 0 Å². The van der Waals surface area contributed by atoms with Crippen molar-refractivity contribution in [2.24, 2.45) is 0 Å². The van der Waals surface area contributed by atoms with Crippen molar-refractivity contribution in [2.45, 2.75) is 38.3 Å². The van der Waals surface area contributed by atoms with Crippen molar-refractivity contribution in [3.63, 3.8) is 0 Å². The molecule has 0 N–H and O–H groups in total. The van der Waals surface area contributed by atoms with E-state index in [-0.39, 0.29) is 24.4 Å². The second-order valence-electron chi connectivity index (χ2n) is 7.14. The maximum absolute atomic E-state index is 13.0. The van der Waals surface area contributed by atoms with Crippen LogP contribution in [0.3, 0.4) is 0 Å². The molecule has 1 atom stereocenters. The van der Waals surface area contributed by atoms with Gasteiger partial charge in [-0.3, -0.25) is 9.69 Å². The first-order valence-corrected chi connectivity index (χ1v) is 9.64. The molecule has 2 aliphatic heterocycles. The fraction of sp³-hybridized carbons (Fsp3) is 0.650. The number of hydrogen-bond acceptors (Lipinski definition) is 4. The predicted molar refractivity (Wildman–Crippen MR) is 97.3 cm³/mol. The highest BCUT2D eigenvalue weighted by molar-refractivity contribution is 5.77. The number of hydrogen-bond donors (Lipinski definition) is 0. The average Bonchev–Trinajstić information content (AvgIpc) is 2.90. The minimum atomic E-state index is -0.208. The van der Waals surface area contributed by atoms with Crippen LogP contribution in [0.4, 0.5) is 4.39 Å². The van der Waals surface area contributed by atoms with E-state index in [2.05, 4.69) is 4.90 Å². The zero-order valence-electron chi connectivity index (χ0n) is 15.4. The molecule has 1 amide bonds. The topological polar surface area (TPSA) is 42.0 Å². The summed E-state index contributed by atoms with van der Waals surface area (Å²) in [5.74, 6) is -0.149. The molecule has 0 bridgehead atoms. The number of nitrogens with zero attached hydrogens (tertiary/aromatic N) is 2. The Morgan fingerprint density at radius 2 is 1.96 bits per heavy atom. The van der Waals surface area contributed by atoms with Gasteiger partial charge in [0.15, 0.2) is 0 Å². The lowest BCUT2D eigenvalue weighted by Gasteiger charge is -2.24. The van der Waals surface area contributed by atoms with Crippen molar-refractivity contribution in [3.05, 3.63) is 35.6 Å². The first kappa shape index (κ1) is 19.3. The van der Waals surface area contributed by atoms with Gasteiger partial charge in [-0.05, 0) is 43.4 Å². The summed E-state index contributed by atoms with van der Waals surface area (Å²) in [6.45, 7) is 5.49. The van der Waals surface area contributed by atoms with Crippen molar-refractivity contribution >= 4 is 5.91 Å². The van der Waals surface area contributed by atoms with E-state index < -0.39 is 0 Å². The van der Waals surface area contributed by atoms with Crippen LogP contribution in [0.2, 0.25) is 0 Å². The highest BCUT2D eigenvalue weighted by atomic mass is 19.1.